The molecule has 0 aliphatic heterocycles. The Balaban J connectivity index is 2.52. The molecule has 0 bridgehead atoms. The van der Waals surface area contributed by atoms with E-state index < -0.39 is 33.2 Å². The maximum absolute atomic E-state index is 13.8. The van der Waals surface area contributed by atoms with Crippen LogP contribution in [0.15, 0.2) is 29.7 Å². The molecule has 1 aliphatic carbocycles. The van der Waals surface area contributed by atoms with Gasteiger partial charge in [-0.2, -0.15) is 4.31 Å². The second kappa shape index (κ2) is 5.59. The summed E-state index contributed by atoms with van der Waals surface area (Å²) >= 11 is 0. The van der Waals surface area contributed by atoms with Gasteiger partial charge in [0.15, 0.2) is 11.6 Å². The first kappa shape index (κ1) is 15.1. The Morgan fingerprint density at radius 2 is 2.05 bits per heavy atom. The number of hydrogen-bond donors (Lipinski definition) is 1. The summed E-state index contributed by atoms with van der Waals surface area (Å²) in [7, 11) is -4.15. The van der Waals surface area contributed by atoms with Gasteiger partial charge in [0, 0.05) is 12.6 Å². The molecule has 1 saturated carbocycles. The average Bonchev–Trinajstić information content (AvgIpc) is 3.22. The zero-order valence-corrected chi connectivity index (χ0v) is 11.5. The molecule has 1 aromatic rings. The Morgan fingerprint density at radius 3 is 2.55 bits per heavy atom. The van der Waals surface area contributed by atoms with Crippen molar-refractivity contribution >= 4 is 10.0 Å². The average molecular weight is 303 g/mol. The third-order valence-corrected chi connectivity index (χ3v) is 5.00. The number of hydrogen-bond acceptors (Lipinski definition) is 3. The van der Waals surface area contributed by atoms with Gasteiger partial charge in [0.2, 0.25) is 10.0 Å². The SMILES string of the molecule is C=CCN(C1CC1)S(=O)(=O)c1cc(CO)cc(F)c1F. The van der Waals surface area contributed by atoms with Gasteiger partial charge < -0.3 is 5.11 Å². The quantitative estimate of drug-likeness (QED) is 0.815. The van der Waals surface area contributed by atoms with Gasteiger partial charge >= 0.3 is 0 Å². The van der Waals surface area contributed by atoms with Crippen molar-refractivity contribution in [3.63, 3.8) is 0 Å². The predicted molar refractivity (Wildman–Crippen MR) is 69.4 cm³/mol. The van der Waals surface area contributed by atoms with Crippen LogP contribution in [0.4, 0.5) is 8.78 Å². The van der Waals surface area contributed by atoms with Crippen LogP contribution in [0.25, 0.3) is 0 Å². The Bertz CT molecular complexity index is 627. The second-order valence-electron chi connectivity index (χ2n) is 4.64. The molecule has 0 spiro atoms. The van der Waals surface area contributed by atoms with Crippen LogP contribution in [-0.4, -0.2) is 30.4 Å². The van der Waals surface area contributed by atoms with Crippen molar-refractivity contribution in [1.29, 1.82) is 0 Å². The van der Waals surface area contributed by atoms with Gasteiger partial charge in [0.1, 0.15) is 4.90 Å². The van der Waals surface area contributed by atoms with Crippen LogP contribution in [0, 0.1) is 11.6 Å². The molecular formula is C13H15F2NO3S. The van der Waals surface area contributed by atoms with Crippen molar-refractivity contribution in [1.82, 2.24) is 4.31 Å². The van der Waals surface area contributed by atoms with Gasteiger partial charge in [-0.25, -0.2) is 17.2 Å². The number of sulfonamides is 1. The molecule has 0 radical (unpaired) electrons. The van der Waals surface area contributed by atoms with Gasteiger partial charge in [-0.1, -0.05) is 6.08 Å². The van der Waals surface area contributed by atoms with Gasteiger partial charge in [-0.05, 0) is 30.5 Å². The minimum Gasteiger partial charge on any atom is -0.392 e. The lowest BCUT2D eigenvalue weighted by Crippen LogP contribution is -2.34. The summed E-state index contributed by atoms with van der Waals surface area (Å²) in [5.74, 6) is -2.71. The molecule has 1 aliphatic rings. The summed E-state index contributed by atoms with van der Waals surface area (Å²) in [6, 6.07) is 1.55. The number of aliphatic hydroxyl groups is 1. The monoisotopic (exact) mass is 303 g/mol. The smallest absolute Gasteiger partial charge is 0.246 e. The van der Waals surface area contributed by atoms with Crippen LogP contribution in [0.3, 0.4) is 0 Å². The van der Waals surface area contributed by atoms with Gasteiger partial charge in [0.25, 0.3) is 0 Å². The molecule has 0 unspecified atom stereocenters. The highest BCUT2D eigenvalue weighted by Gasteiger charge is 2.39. The summed E-state index contributed by atoms with van der Waals surface area (Å²) in [5, 5.41) is 8.99. The van der Waals surface area contributed by atoms with E-state index in [4.69, 9.17) is 5.11 Å². The highest BCUT2D eigenvalue weighted by molar-refractivity contribution is 7.89. The van der Waals surface area contributed by atoms with E-state index >= 15 is 0 Å². The van der Waals surface area contributed by atoms with Crippen molar-refractivity contribution < 1.29 is 22.3 Å². The van der Waals surface area contributed by atoms with E-state index in [2.05, 4.69) is 6.58 Å². The van der Waals surface area contributed by atoms with E-state index in [1.54, 1.807) is 0 Å². The molecule has 1 fully saturated rings. The fraction of sp³-hybridized carbons (Fsp3) is 0.385. The molecule has 0 heterocycles. The lowest BCUT2D eigenvalue weighted by atomic mass is 10.2. The van der Waals surface area contributed by atoms with Crippen LogP contribution in [-0.2, 0) is 16.6 Å². The zero-order valence-electron chi connectivity index (χ0n) is 10.7. The molecule has 20 heavy (non-hydrogen) atoms. The first-order valence-electron chi connectivity index (χ1n) is 6.13. The molecule has 1 N–H and O–H groups in total. The largest absolute Gasteiger partial charge is 0.392 e. The number of benzene rings is 1. The van der Waals surface area contributed by atoms with Crippen molar-refractivity contribution in [3.8, 4) is 0 Å². The predicted octanol–water partition coefficient (Wildman–Crippen LogP) is 1.80. The maximum Gasteiger partial charge on any atom is 0.246 e. The van der Waals surface area contributed by atoms with Crippen molar-refractivity contribution in [2.24, 2.45) is 0 Å². The van der Waals surface area contributed by atoms with Gasteiger partial charge in [0.05, 0.1) is 6.61 Å². The van der Waals surface area contributed by atoms with Crippen LogP contribution >= 0.6 is 0 Å². The van der Waals surface area contributed by atoms with Crippen LogP contribution < -0.4 is 0 Å². The number of halogens is 2. The number of nitrogens with zero attached hydrogens (tertiary/aromatic N) is 1. The van der Waals surface area contributed by atoms with Crippen LogP contribution in [0.5, 0.6) is 0 Å². The summed E-state index contributed by atoms with van der Waals surface area (Å²) in [5.41, 5.74) is 0.0109. The first-order chi connectivity index (χ1) is 9.41. The van der Waals surface area contributed by atoms with Gasteiger partial charge in [-0.3, -0.25) is 0 Å². The topological polar surface area (TPSA) is 57.6 Å². The van der Waals surface area contributed by atoms with E-state index in [-0.39, 0.29) is 18.2 Å². The number of rotatable bonds is 6. The summed E-state index contributed by atoms with van der Waals surface area (Å²) in [4.78, 5) is -0.740. The summed E-state index contributed by atoms with van der Waals surface area (Å²) in [6.45, 7) is 2.95. The summed E-state index contributed by atoms with van der Waals surface area (Å²) in [6.07, 6.45) is 2.79. The fourth-order valence-corrected chi connectivity index (χ4v) is 3.74. The van der Waals surface area contributed by atoms with E-state index in [0.29, 0.717) is 12.8 Å². The minimum absolute atomic E-state index is 0.0109. The normalized spacial score (nSPS) is 15.6. The molecule has 4 nitrogen and oxygen atoms in total. The molecule has 7 heteroatoms. The lowest BCUT2D eigenvalue weighted by Gasteiger charge is -2.21. The highest BCUT2D eigenvalue weighted by Crippen LogP contribution is 2.33. The number of aliphatic hydroxyl groups excluding tert-OH is 1. The van der Waals surface area contributed by atoms with E-state index in [9.17, 15) is 17.2 Å². The second-order valence-corrected chi connectivity index (χ2v) is 6.50. The third-order valence-electron chi connectivity index (χ3n) is 3.09. The Labute approximate surface area is 116 Å². The first-order valence-corrected chi connectivity index (χ1v) is 7.57. The summed E-state index contributed by atoms with van der Waals surface area (Å²) < 4.78 is 53.2. The van der Waals surface area contributed by atoms with Crippen molar-refractivity contribution in [2.45, 2.75) is 30.4 Å². The highest BCUT2D eigenvalue weighted by atomic mass is 32.2. The van der Waals surface area contributed by atoms with E-state index in [1.807, 2.05) is 0 Å². The van der Waals surface area contributed by atoms with Crippen molar-refractivity contribution in [3.05, 3.63) is 42.0 Å². The van der Waals surface area contributed by atoms with Crippen molar-refractivity contribution in [2.75, 3.05) is 6.54 Å². The molecule has 0 amide bonds. The molecule has 1 aromatic carbocycles. The third kappa shape index (κ3) is 2.74. The van der Waals surface area contributed by atoms with Crippen LogP contribution in [0.1, 0.15) is 18.4 Å². The standard InChI is InChI=1S/C13H15F2NO3S/c1-2-5-16(10-3-4-10)20(18,19)12-7-9(8-17)6-11(14)13(12)15/h2,6-7,10,17H,1,3-5,8H2. The minimum atomic E-state index is -4.15. The van der Waals surface area contributed by atoms with Gasteiger partial charge in [-0.15, -0.1) is 6.58 Å². The maximum atomic E-state index is 13.8. The molecular weight excluding hydrogens is 288 g/mol. The Hall–Kier alpha value is -1.31. The Kier molecular flexibility index (Phi) is 4.22. The fourth-order valence-electron chi connectivity index (χ4n) is 1.96. The van der Waals surface area contributed by atoms with E-state index in [1.165, 1.54) is 6.08 Å². The molecule has 0 aromatic heterocycles. The zero-order chi connectivity index (χ0) is 14.9. The Morgan fingerprint density at radius 1 is 1.40 bits per heavy atom. The molecule has 0 atom stereocenters. The van der Waals surface area contributed by atoms with Crippen LogP contribution in [0.2, 0.25) is 0 Å². The molecule has 0 saturated heterocycles. The lowest BCUT2D eigenvalue weighted by molar-refractivity contribution is 0.280. The molecule has 2 rings (SSSR count). The molecule has 110 valence electrons. The van der Waals surface area contributed by atoms with E-state index in [0.717, 1.165) is 16.4 Å².